The Bertz CT molecular complexity index is 1240. The van der Waals surface area contributed by atoms with Gasteiger partial charge < -0.3 is 15.0 Å². The maximum Gasteiger partial charge on any atom is 0.162 e. The summed E-state index contributed by atoms with van der Waals surface area (Å²) in [7, 11) is 1.67. The lowest BCUT2D eigenvalue weighted by Gasteiger charge is -2.40. The minimum atomic E-state index is -0.153. The van der Waals surface area contributed by atoms with Crippen molar-refractivity contribution in [2.24, 2.45) is 0 Å². The molecule has 2 N–H and O–H groups in total. The summed E-state index contributed by atoms with van der Waals surface area (Å²) >= 11 is 14.9. The number of likely N-dealkylation sites (tertiary alicyclic amines) is 1. The van der Waals surface area contributed by atoms with Crippen LogP contribution in [0.4, 0.5) is 5.82 Å². The van der Waals surface area contributed by atoms with E-state index >= 15 is 0 Å². The van der Waals surface area contributed by atoms with Gasteiger partial charge in [0, 0.05) is 42.1 Å². The number of ether oxygens (including phenoxy) is 1. The molecule has 1 aliphatic rings. The number of hydrogen-bond acceptors (Lipinski definition) is 8. The first-order valence-electron chi connectivity index (χ1n) is 10.1. The molecule has 1 aliphatic heterocycles. The Labute approximate surface area is 199 Å². The van der Waals surface area contributed by atoms with E-state index in [2.05, 4.69) is 40.5 Å². The maximum absolute atomic E-state index is 6.68. The van der Waals surface area contributed by atoms with Crippen LogP contribution in [0.1, 0.15) is 35.7 Å². The summed E-state index contributed by atoms with van der Waals surface area (Å²) < 4.78 is 5.87. The maximum atomic E-state index is 6.68. The lowest BCUT2D eigenvalue weighted by atomic mass is 9.88. The molecule has 1 unspecified atom stereocenters. The molecule has 4 aromatic rings. The zero-order chi connectivity index (χ0) is 22.2. The van der Waals surface area contributed by atoms with E-state index in [-0.39, 0.29) is 12.0 Å². The molecule has 0 saturated carbocycles. The van der Waals surface area contributed by atoms with Crippen molar-refractivity contribution in [3.63, 3.8) is 0 Å². The molecule has 0 spiro atoms. The number of benzene rings is 1. The molecule has 8 nitrogen and oxygen atoms in total. The summed E-state index contributed by atoms with van der Waals surface area (Å²) in [5, 5.41) is 6.56. The summed E-state index contributed by atoms with van der Waals surface area (Å²) in [4.78, 5) is 22.6. The normalized spacial score (nSPS) is 15.6. The topological polar surface area (TPSA) is 91.8 Å². The molecular weight excluding hydrogens is 469 g/mol. The molecule has 1 atom stereocenters. The minimum absolute atomic E-state index is 0.153. The van der Waals surface area contributed by atoms with Crippen molar-refractivity contribution >= 4 is 51.5 Å². The van der Waals surface area contributed by atoms with E-state index in [9.17, 15) is 0 Å². The van der Waals surface area contributed by atoms with Gasteiger partial charge in [-0.25, -0.2) is 19.9 Å². The van der Waals surface area contributed by atoms with E-state index in [1.807, 2.05) is 18.5 Å². The second kappa shape index (κ2) is 8.82. The number of hydrogen-bond donors (Lipinski definition) is 2. The van der Waals surface area contributed by atoms with Crippen molar-refractivity contribution in [2.45, 2.75) is 25.4 Å². The smallest absolute Gasteiger partial charge is 0.162 e. The van der Waals surface area contributed by atoms with Crippen LogP contribution >= 0.6 is 34.5 Å². The van der Waals surface area contributed by atoms with Gasteiger partial charge in [0.2, 0.25) is 0 Å². The van der Waals surface area contributed by atoms with Crippen molar-refractivity contribution < 1.29 is 4.74 Å². The Kier molecular flexibility index (Phi) is 5.90. The molecule has 0 bridgehead atoms. The van der Waals surface area contributed by atoms with E-state index < -0.39 is 0 Å². The lowest BCUT2D eigenvalue weighted by Crippen LogP contribution is -2.44. The second-order valence-corrected chi connectivity index (χ2v) is 9.27. The van der Waals surface area contributed by atoms with Gasteiger partial charge in [0.15, 0.2) is 11.5 Å². The molecule has 32 heavy (non-hydrogen) atoms. The van der Waals surface area contributed by atoms with E-state index in [4.69, 9.17) is 27.9 Å². The third-order valence-electron chi connectivity index (χ3n) is 5.71. The van der Waals surface area contributed by atoms with Crippen molar-refractivity contribution in [2.75, 3.05) is 25.5 Å². The molecule has 1 aromatic carbocycles. The van der Waals surface area contributed by atoms with Crippen LogP contribution in [0.2, 0.25) is 10.0 Å². The highest BCUT2D eigenvalue weighted by atomic mass is 35.5. The highest BCUT2D eigenvalue weighted by Gasteiger charge is 2.34. The molecule has 0 radical (unpaired) electrons. The van der Waals surface area contributed by atoms with Crippen LogP contribution < -0.4 is 10.1 Å². The standard InChI is InChI=1S/C21H21Cl2N7OS/c1-11(29-21-18-20(25-8-24-18)26-9-27-21)14-3-15(22)17(23)16(19(14)31-2)12-4-30(5-12)6-13-7-32-10-28-13/h3,7-12H,4-6H2,1-2H3,(H2,24,25,26,27,29). The van der Waals surface area contributed by atoms with Crippen LogP contribution in [0.25, 0.3) is 11.2 Å². The summed E-state index contributed by atoms with van der Waals surface area (Å²) in [6, 6.07) is 1.71. The minimum Gasteiger partial charge on any atom is -0.496 e. The van der Waals surface area contributed by atoms with E-state index in [1.165, 1.54) is 6.33 Å². The van der Waals surface area contributed by atoms with Crippen molar-refractivity contribution in [3.05, 3.63) is 56.5 Å². The Balaban J connectivity index is 1.42. The van der Waals surface area contributed by atoms with E-state index in [0.717, 1.165) is 42.2 Å². The number of H-pyrrole nitrogens is 1. The number of anilines is 1. The molecule has 1 fully saturated rings. The first kappa shape index (κ1) is 21.4. The Morgan fingerprint density at radius 2 is 2.12 bits per heavy atom. The van der Waals surface area contributed by atoms with Crippen molar-refractivity contribution in [1.82, 2.24) is 29.8 Å². The summed E-state index contributed by atoms with van der Waals surface area (Å²) in [6.07, 6.45) is 3.10. The molecule has 1 saturated heterocycles. The summed E-state index contributed by atoms with van der Waals surface area (Å²) in [5.41, 5.74) is 6.16. The van der Waals surface area contributed by atoms with Gasteiger partial charge in [-0.05, 0) is 13.0 Å². The van der Waals surface area contributed by atoms with Crippen LogP contribution in [0.3, 0.4) is 0 Å². The zero-order valence-corrected chi connectivity index (χ0v) is 19.8. The average Bonchev–Trinajstić information content (AvgIpc) is 3.44. The number of nitrogens with one attached hydrogen (secondary N) is 2. The fourth-order valence-corrected chi connectivity index (χ4v) is 5.21. The highest BCUT2D eigenvalue weighted by Crippen LogP contribution is 2.46. The zero-order valence-electron chi connectivity index (χ0n) is 17.5. The lowest BCUT2D eigenvalue weighted by molar-refractivity contribution is 0.136. The number of halogens is 2. The van der Waals surface area contributed by atoms with Crippen molar-refractivity contribution in [3.8, 4) is 5.75 Å². The van der Waals surface area contributed by atoms with E-state index in [1.54, 1.807) is 24.8 Å². The Morgan fingerprint density at radius 1 is 1.28 bits per heavy atom. The quantitative estimate of drug-likeness (QED) is 0.381. The van der Waals surface area contributed by atoms with E-state index in [0.29, 0.717) is 27.0 Å². The predicted molar refractivity (Wildman–Crippen MR) is 127 cm³/mol. The van der Waals surface area contributed by atoms with Crippen LogP contribution in [0, 0.1) is 0 Å². The molecule has 3 aromatic heterocycles. The SMILES string of the molecule is COc1c(C(C)Nc2ncnc3[nH]cnc23)cc(Cl)c(Cl)c1C1CN(Cc2cscn2)C1. The van der Waals surface area contributed by atoms with Gasteiger partial charge >= 0.3 is 0 Å². The second-order valence-electron chi connectivity index (χ2n) is 7.77. The van der Waals surface area contributed by atoms with Gasteiger partial charge in [0.25, 0.3) is 0 Å². The number of aromatic amines is 1. The molecule has 5 rings (SSSR count). The highest BCUT2D eigenvalue weighted by molar-refractivity contribution is 7.07. The number of methoxy groups -OCH3 is 1. The number of fused-ring (bicyclic) bond motifs is 1. The predicted octanol–water partition coefficient (Wildman–Crippen LogP) is 4.90. The summed E-state index contributed by atoms with van der Waals surface area (Å²) in [5.74, 6) is 1.62. The number of nitrogens with zero attached hydrogens (tertiary/aromatic N) is 5. The van der Waals surface area contributed by atoms with Crippen LogP contribution in [0.5, 0.6) is 5.75 Å². The number of rotatable bonds is 7. The van der Waals surface area contributed by atoms with Gasteiger partial charge in [-0.1, -0.05) is 23.2 Å². The molecule has 166 valence electrons. The molecule has 4 heterocycles. The third-order valence-corrected chi connectivity index (χ3v) is 7.15. The third kappa shape index (κ3) is 3.90. The van der Waals surface area contributed by atoms with Gasteiger partial charge in [-0.2, -0.15) is 0 Å². The van der Waals surface area contributed by atoms with Gasteiger partial charge in [0.1, 0.15) is 17.6 Å². The monoisotopic (exact) mass is 489 g/mol. The fourth-order valence-electron chi connectivity index (χ4n) is 4.14. The Hall–Kier alpha value is -2.46. The number of thiazole rings is 1. The first-order valence-corrected chi connectivity index (χ1v) is 11.8. The largest absolute Gasteiger partial charge is 0.496 e. The molecule has 11 heteroatoms. The Morgan fingerprint density at radius 3 is 2.88 bits per heavy atom. The molecule has 0 amide bonds. The van der Waals surface area contributed by atoms with Crippen LogP contribution in [-0.4, -0.2) is 50.0 Å². The number of imidazole rings is 1. The molecule has 0 aliphatic carbocycles. The average molecular weight is 490 g/mol. The van der Waals surface area contributed by atoms with Gasteiger partial charge in [-0.15, -0.1) is 11.3 Å². The van der Waals surface area contributed by atoms with Crippen LogP contribution in [0.15, 0.2) is 29.6 Å². The fraction of sp³-hybridized carbons (Fsp3) is 0.333. The van der Waals surface area contributed by atoms with Gasteiger partial charge in [-0.3, -0.25) is 4.90 Å². The van der Waals surface area contributed by atoms with Gasteiger partial charge in [0.05, 0.1) is 40.7 Å². The number of aromatic nitrogens is 5. The first-order chi connectivity index (χ1) is 15.5. The van der Waals surface area contributed by atoms with Crippen molar-refractivity contribution in [1.29, 1.82) is 0 Å². The van der Waals surface area contributed by atoms with Crippen LogP contribution in [-0.2, 0) is 6.54 Å². The summed E-state index contributed by atoms with van der Waals surface area (Å²) in [6.45, 7) is 4.60. The molecular formula is C21H21Cl2N7OS.